The highest BCUT2D eigenvalue weighted by Gasteiger charge is 2.24. The standard InChI is InChI=1S/C14H31NS/c1-6-14(7-2,9-8-10-16-5)12-15-11-13(3)4/h13,15H,6-12H2,1-5H3. The zero-order valence-electron chi connectivity index (χ0n) is 11.9. The first-order valence-electron chi connectivity index (χ1n) is 6.80. The fourth-order valence-electron chi connectivity index (χ4n) is 2.16. The van der Waals surface area contributed by atoms with E-state index in [9.17, 15) is 0 Å². The number of thioether (sulfide) groups is 1. The highest BCUT2D eigenvalue weighted by molar-refractivity contribution is 7.98. The first-order chi connectivity index (χ1) is 7.60. The molecule has 0 radical (unpaired) electrons. The summed E-state index contributed by atoms with van der Waals surface area (Å²) in [7, 11) is 0. The summed E-state index contributed by atoms with van der Waals surface area (Å²) in [5, 5.41) is 3.65. The summed E-state index contributed by atoms with van der Waals surface area (Å²) in [6.07, 6.45) is 7.57. The maximum atomic E-state index is 3.65. The van der Waals surface area contributed by atoms with Gasteiger partial charge in [0.05, 0.1) is 0 Å². The highest BCUT2D eigenvalue weighted by Crippen LogP contribution is 2.31. The van der Waals surface area contributed by atoms with Crippen molar-refractivity contribution in [3.8, 4) is 0 Å². The predicted molar refractivity (Wildman–Crippen MR) is 78.3 cm³/mol. The lowest BCUT2D eigenvalue weighted by Gasteiger charge is -2.32. The summed E-state index contributed by atoms with van der Waals surface area (Å²) < 4.78 is 0. The molecule has 0 aromatic heterocycles. The molecule has 0 aliphatic heterocycles. The van der Waals surface area contributed by atoms with E-state index in [4.69, 9.17) is 0 Å². The van der Waals surface area contributed by atoms with Gasteiger partial charge in [-0.15, -0.1) is 0 Å². The fourth-order valence-corrected chi connectivity index (χ4v) is 2.59. The van der Waals surface area contributed by atoms with Gasteiger partial charge in [-0.25, -0.2) is 0 Å². The van der Waals surface area contributed by atoms with Crippen LogP contribution in [0.5, 0.6) is 0 Å². The molecule has 0 rings (SSSR count). The van der Waals surface area contributed by atoms with Gasteiger partial charge < -0.3 is 5.32 Å². The van der Waals surface area contributed by atoms with E-state index in [1.165, 1.54) is 38.0 Å². The number of rotatable bonds is 10. The van der Waals surface area contributed by atoms with Crippen molar-refractivity contribution in [2.45, 2.75) is 53.4 Å². The minimum Gasteiger partial charge on any atom is -0.316 e. The SMILES string of the molecule is CCC(CC)(CCCSC)CNCC(C)C. The number of hydrogen-bond acceptors (Lipinski definition) is 2. The van der Waals surface area contributed by atoms with E-state index in [0.29, 0.717) is 5.41 Å². The van der Waals surface area contributed by atoms with Crippen LogP contribution in [0.15, 0.2) is 0 Å². The van der Waals surface area contributed by atoms with Crippen LogP contribution >= 0.6 is 11.8 Å². The van der Waals surface area contributed by atoms with E-state index in [1.807, 2.05) is 11.8 Å². The maximum Gasteiger partial charge on any atom is 0.000772 e. The van der Waals surface area contributed by atoms with E-state index in [2.05, 4.69) is 39.3 Å². The number of hydrogen-bond donors (Lipinski definition) is 1. The molecule has 0 aliphatic carbocycles. The summed E-state index contributed by atoms with van der Waals surface area (Å²) in [5.41, 5.74) is 0.546. The molecule has 0 aliphatic rings. The van der Waals surface area contributed by atoms with Gasteiger partial charge in [-0.05, 0) is 55.6 Å². The minimum absolute atomic E-state index is 0.546. The Morgan fingerprint density at radius 2 is 1.81 bits per heavy atom. The van der Waals surface area contributed by atoms with E-state index < -0.39 is 0 Å². The van der Waals surface area contributed by atoms with Crippen molar-refractivity contribution in [3.63, 3.8) is 0 Å². The highest BCUT2D eigenvalue weighted by atomic mass is 32.2. The van der Waals surface area contributed by atoms with Gasteiger partial charge in [-0.3, -0.25) is 0 Å². The first-order valence-corrected chi connectivity index (χ1v) is 8.19. The Balaban J connectivity index is 3.99. The molecule has 0 bridgehead atoms. The molecular formula is C14H31NS. The van der Waals surface area contributed by atoms with Gasteiger partial charge in [0.2, 0.25) is 0 Å². The van der Waals surface area contributed by atoms with Gasteiger partial charge >= 0.3 is 0 Å². The van der Waals surface area contributed by atoms with E-state index in [1.54, 1.807) is 0 Å². The second-order valence-corrected chi connectivity index (χ2v) is 6.31. The summed E-state index contributed by atoms with van der Waals surface area (Å²) in [5.74, 6) is 2.07. The largest absolute Gasteiger partial charge is 0.316 e. The van der Waals surface area contributed by atoms with Crippen molar-refractivity contribution >= 4 is 11.8 Å². The Morgan fingerprint density at radius 1 is 1.19 bits per heavy atom. The monoisotopic (exact) mass is 245 g/mol. The molecule has 0 fully saturated rings. The fraction of sp³-hybridized carbons (Fsp3) is 1.00. The third-order valence-corrected chi connectivity index (χ3v) is 4.31. The summed E-state index contributed by atoms with van der Waals surface area (Å²) in [6, 6.07) is 0. The molecule has 2 heteroatoms. The van der Waals surface area contributed by atoms with Crippen LogP contribution in [-0.4, -0.2) is 25.1 Å². The molecule has 0 saturated heterocycles. The third kappa shape index (κ3) is 6.80. The van der Waals surface area contributed by atoms with Crippen LogP contribution in [0.1, 0.15) is 53.4 Å². The lowest BCUT2D eigenvalue weighted by Crippen LogP contribution is -2.35. The normalized spacial score (nSPS) is 12.4. The van der Waals surface area contributed by atoms with Crippen LogP contribution in [0.3, 0.4) is 0 Å². The molecule has 98 valence electrons. The molecule has 0 amide bonds. The van der Waals surface area contributed by atoms with Crippen LogP contribution in [-0.2, 0) is 0 Å². The van der Waals surface area contributed by atoms with Crippen LogP contribution in [0.4, 0.5) is 0 Å². The van der Waals surface area contributed by atoms with Gasteiger partial charge in [-0.1, -0.05) is 27.7 Å². The average Bonchev–Trinajstić information content (AvgIpc) is 2.27. The maximum absolute atomic E-state index is 3.65. The van der Waals surface area contributed by atoms with Crippen molar-refractivity contribution in [3.05, 3.63) is 0 Å². The van der Waals surface area contributed by atoms with Gasteiger partial charge in [0.15, 0.2) is 0 Å². The molecular weight excluding hydrogens is 214 g/mol. The van der Waals surface area contributed by atoms with Crippen molar-refractivity contribution in [2.75, 3.05) is 25.1 Å². The number of nitrogens with one attached hydrogen (secondary N) is 1. The van der Waals surface area contributed by atoms with Crippen LogP contribution in [0, 0.1) is 11.3 Å². The third-order valence-electron chi connectivity index (χ3n) is 3.61. The molecule has 1 nitrogen and oxygen atoms in total. The zero-order valence-corrected chi connectivity index (χ0v) is 12.8. The molecule has 0 atom stereocenters. The molecule has 16 heavy (non-hydrogen) atoms. The molecule has 1 N–H and O–H groups in total. The molecule has 0 aromatic carbocycles. The van der Waals surface area contributed by atoms with Gasteiger partial charge in [-0.2, -0.15) is 11.8 Å². The molecule has 0 unspecified atom stereocenters. The lowest BCUT2D eigenvalue weighted by molar-refractivity contribution is 0.223. The second-order valence-electron chi connectivity index (χ2n) is 5.33. The van der Waals surface area contributed by atoms with Gasteiger partial charge in [0, 0.05) is 6.54 Å². The van der Waals surface area contributed by atoms with E-state index >= 15 is 0 Å². The molecule has 0 spiro atoms. The summed E-state index contributed by atoms with van der Waals surface area (Å²) in [6.45, 7) is 11.6. The lowest BCUT2D eigenvalue weighted by atomic mass is 9.78. The summed E-state index contributed by atoms with van der Waals surface area (Å²) in [4.78, 5) is 0. The van der Waals surface area contributed by atoms with E-state index in [-0.39, 0.29) is 0 Å². The predicted octanol–water partition coefficient (Wildman–Crippen LogP) is 4.18. The average molecular weight is 245 g/mol. The molecule has 0 saturated carbocycles. The first kappa shape index (κ1) is 16.3. The van der Waals surface area contributed by atoms with Crippen molar-refractivity contribution in [1.29, 1.82) is 0 Å². The zero-order chi connectivity index (χ0) is 12.4. The van der Waals surface area contributed by atoms with Crippen LogP contribution < -0.4 is 5.32 Å². The van der Waals surface area contributed by atoms with Gasteiger partial charge in [0.1, 0.15) is 0 Å². The van der Waals surface area contributed by atoms with Gasteiger partial charge in [0.25, 0.3) is 0 Å². The Morgan fingerprint density at radius 3 is 2.25 bits per heavy atom. The van der Waals surface area contributed by atoms with Crippen LogP contribution in [0.25, 0.3) is 0 Å². The topological polar surface area (TPSA) is 12.0 Å². The quantitative estimate of drug-likeness (QED) is 0.579. The van der Waals surface area contributed by atoms with Crippen LogP contribution in [0.2, 0.25) is 0 Å². The van der Waals surface area contributed by atoms with Crippen molar-refractivity contribution in [2.24, 2.45) is 11.3 Å². The second kappa shape index (κ2) is 9.35. The Hall–Kier alpha value is 0.310. The Kier molecular flexibility index (Phi) is 9.53. The molecule has 0 aromatic rings. The smallest absolute Gasteiger partial charge is 0.000772 e. The minimum atomic E-state index is 0.546. The van der Waals surface area contributed by atoms with E-state index in [0.717, 1.165) is 12.5 Å². The van der Waals surface area contributed by atoms with Crippen molar-refractivity contribution < 1.29 is 0 Å². The Bertz CT molecular complexity index is 153. The summed E-state index contributed by atoms with van der Waals surface area (Å²) >= 11 is 1.97. The molecule has 0 heterocycles. The van der Waals surface area contributed by atoms with Crippen molar-refractivity contribution in [1.82, 2.24) is 5.32 Å². The Labute approximate surface area is 107 Å².